The van der Waals surface area contributed by atoms with Gasteiger partial charge < -0.3 is 4.90 Å². The van der Waals surface area contributed by atoms with Crippen molar-refractivity contribution in [1.82, 2.24) is 4.90 Å². The summed E-state index contributed by atoms with van der Waals surface area (Å²) >= 11 is 0. The number of benzene rings is 1. The number of rotatable bonds is 3. The number of hydrogen-bond acceptors (Lipinski definition) is 2. The number of ketones is 1. The van der Waals surface area contributed by atoms with Crippen molar-refractivity contribution in [3.63, 3.8) is 0 Å². The Kier molecular flexibility index (Phi) is 4.65. The minimum Gasteiger partial charge on any atom is -0.335 e. The molecule has 3 nitrogen and oxygen atoms in total. The number of nitrogens with zero attached hydrogens (tertiary/aromatic N) is 1. The van der Waals surface area contributed by atoms with Gasteiger partial charge in [0.15, 0.2) is 0 Å². The third-order valence-electron chi connectivity index (χ3n) is 3.63. The van der Waals surface area contributed by atoms with Crippen LogP contribution in [0.1, 0.15) is 43.0 Å². The lowest BCUT2D eigenvalue weighted by atomic mass is 9.96. The quantitative estimate of drug-likeness (QED) is 0.860. The number of carbonyl (C=O) groups excluding carboxylic acids is 2. The number of likely N-dealkylation sites (tertiary alicyclic amines) is 1. The predicted molar refractivity (Wildman–Crippen MR) is 70.3 cm³/mol. The lowest BCUT2D eigenvalue weighted by Gasteiger charge is -2.35. The van der Waals surface area contributed by atoms with Gasteiger partial charge in [-0.1, -0.05) is 0 Å². The third kappa shape index (κ3) is 3.43. The molecular formula is C15H16F3NO2. The molecular weight excluding hydrogens is 283 g/mol. The molecule has 0 N–H and O–H groups in total. The molecule has 1 fully saturated rings. The Morgan fingerprint density at radius 2 is 1.81 bits per heavy atom. The van der Waals surface area contributed by atoms with E-state index in [1.165, 1.54) is 11.8 Å². The van der Waals surface area contributed by atoms with Gasteiger partial charge in [-0.3, -0.25) is 9.59 Å². The number of piperidine rings is 1. The Morgan fingerprint density at radius 3 is 2.38 bits per heavy atom. The van der Waals surface area contributed by atoms with Crippen LogP contribution in [-0.4, -0.2) is 29.2 Å². The van der Waals surface area contributed by atoms with Crippen molar-refractivity contribution >= 4 is 11.7 Å². The van der Waals surface area contributed by atoms with Crippen molar-refractivity contribution in [2.45, 2.75) is 38.6 Å². The van der Waals surface area contributed by atoms with E-state index in [4.69, 9.17) is 0 Å². The van der Waals surface area contributed by atoms with Gasteiger partial charge in [0.05, 0.1) is 0 Å². The van der Waals surface area contributed by atoms with E-state index >= 15 is 0 Å². The first kappa shape index (κ1) is 15.5. The molecule has 0 aromatic heterocycles. The van der Waals surface area contributed by atoms with Crippen LogP contribution in [0.4, 0.5) is 13.2 Å². The molecule has 1 saturated heterocycles. The highest BCUT2D eigenvalue weighted by molar-refractivity contribution is 5.95. The summed E-state index contributed by atoms with van der Waals surface area (Å²) in [5.41, 5.74) is -0.758. The largest absolute Gasteiger partial charge is 0.335 e. The molecule has 1 amide bonds. The number of halogens is 3. The Morgan fingerprint density at radius 1 is 1.19 bits per heavy atom. The van der Waals surface area contributed by atoms with Crippen molar-refractivity contribution in [2.24, 2.45) is 0 Å². The van der Waals surface area contributed by atoms with Gasteiger partial charge in [-0.05, 0) is 26.2 Å². The zero-order chi connectivity index (χ0) is 15.6. The van der Waals surface area contributed by atoms with Crippen LogP contribution in [0.3, 0.4) is 0 Å². The SMILES string of the molecule is CC(=O)CC1CCCCN1C(=O)c1c(F)cc(F)cc1F. The number of hydrogen-bond donors (Lipinski definition) is 0. The van der Waals surface area contributed by atoms with E-state index in [-0.39, 0.29) is 18.2 Å². The zero-order valence-corrected chi connectivity index (χ0v) is 11.7. The Bertz CT molecular complexity index is 551. The van der Waals surface area contributed by atoms with E-state index in [9.17, 15) is 22.8 Å². The normalized spacial score (nSPS) is 18.7. The Balaban J connectivity index is 2.31. The van der Waals surface area contributed by atoms with Crippen LogP contribution in [0.5, 0.6) is 0 Å². The van der Waals surface area contributed by atoms with E-state index in [0.29, 0.717) is 31.5 Å². The fourth-order valence-corrected chi connectivity index (χ4v) is 2.70. The molecule has 1 aliphatic rings. The summed E-state index contributed by atoms with van der Waals surface area (Å²) in [5, 5.41) is 0. The predicted octanol–water partition coefficient (Wildman–Crippen LogP) is 3.08. The van der Waals surface area contributed by atoms with Crippen LogP contribution in [0.2, 0.25) is 0 Å². The fourth-order valence-electron chi connectivity index (χ4n) is 2.70. The highest BCUT2D eigenvalue weighted by atomic mass is 19.1. The average Bonchev–Trinajstić information content (AvgIpc) is 2.37. The maximum Gasteiger partial charge on any atom is 0.260 e. The first-order valence-corrected chi connectivity index (χ1v) is 6.85. The highest BCUT2D eigenvalue weighted by Gasteiger charge is 2.31. The van der Waals surface area contributed by atoms with Gasteiger partial charge in [0.25, 0.3) is 5.91 Å². The number of amides is 1. The molecule has 0 aliphatic carbocycles. The highest BCUT2D eigenvalue weighted by Crippen LogP contribution is 2.24. The summed E-state index contributed by atoms with van der Waals surface area (Å²) in [6, 6.07) is 0.619. The summed E-state index contributed by atoms with van der Waals surface area (Å²) in [6.07, 6.45) is 2.35. The smallest absolute Gasteiger partial charge is 0.260 e. The standard InChI is InChI=1S/C15H16F3NO2/c1-9(20)6-11-4-2-3-5-19(11)15(21)14-12(17)7-10(16)8-13(14)18/h7-8,11H,2-6H2,1H3. The lowest BCUT2D eigenvalue weighted by Crippen LogP contribution is -2.45. The van der Waals surface area contributed by atoms with Gasteiger partial charge in [-0.25, -0.2) is 13.2 Å². The second kappa shape index (κ2) is 6.28. The Hall–Kier alpha value is -1.85. The molecule has 2 rings (SSSR count). The van der Waals surface area contributed by atoms with Crippen molar-refractivity contribution in [3.8, 4) is 0 Å². The van der Waals surface area contributed by atoms with E-state index in [2.05, 4.69) is 0 Å². The summed E-state index contributed by atoms with van der Waals surface area (Å²) in [4.78, 5) is 24.9. The van der Waals surface area contributed by atoms with Crippen molar-refractivity contribution in [2.75, 3.05) is 6.54 Å². The summed E-state index contributed by atoms with van der Waals surface area (Å²) in [6.45, 7) is 1.75. The Labute approximate surface area is 120 Å². The fraction of sp³-hybridized carbons (Fsp3) is 0.467. The maximum absolute atomic E-state index is 13.7. The molecule has 1 aliphatic heterocycles. The minimum absolute atomic E-state index is 0.0836. The van der Waals surface area contributed by atoms with Crippen LogP contribution in [0.15, 0.2) is 12.1 Å². The molecule has 1 atom stereocenters. The van der Waals surface area contributed by atoms with Crippen molar-refractivity contribution < 1.29 is 22.8 Å². The van der Waals surface area contributed by atoms with Crippen molar-refractivity contribution in [3.05, 3.63) is 35.1 Å². The molecule has 0 saturated carbocycles. The average molecular weight is 299 g/mol. The molecule has 1 heterocycles. The number of Topliss-reactive ketones (excluding diaryl/α,β-unsaturated/α-hetero) is 1. The molecule has 1 aromatic rings. The molecule has 0 bridgehead atoms. The molecule has 1 aromatic carbocycles. The van der Waals surface area contributed by atoms with E-state index < -0.39 is 28.9 Å². The molecule has 6 heteroatoms. The minimum atomic E-state index is -1.22. The maximum atomic E-state index is 13.7. The molecule has 21 heavy (non-hydrogen) atoms. The first-order valence-electron chi connectivity index (χ1n) is 6.85. The van der Waals surface area contributed by atoms with Crippen molar-refractivity contribution in [1.29, 1.82) is 0 Å². The van der Waals surface area contributed by atoms with Gasteiger partial charge in [-0.15, -0.1) is 0 Å². The summed E-state index contributed by atoms with van der Waals surface area (Å²) in [7, 11) is 0. The zero-order valence-electron chi connectivity index (χ0n) is 11.7. The van der Waals surface area contributed by atoms with Crippen LogP contribution in [0.25, 0.3) is 0 Å². The van der Waals surface area contributed by atoms with Gasteiger partial charge in [-0.2, -0.15) is 0 Å². The van der Waals surface area contributed by atoms with E-state index in [0.717, 1.165) is 6.42 Å². The van der Waals surface area contributed by atoms with Crippen LogP contribution in [0, 0.1) is 17.5 Å². The molecule has 1 unspecified atom stereocenters. The van der Waals surface area contributed by atoms with E-state index in [1.54, 1.807) is 0 Å². The van der Waals surface area contributed by atoms with Gasteiger partial charge in [0.1, 0.15) is 28.8 Å². The van der Waals surface area contributed by atoms with Gasteiger partial charge in [0.2, 0.25) is 0 Å². The molecule has 114 valence electrons. The van der Waals surface area contributed by atoms with Gasteiger partial charge in [0, 0.05) is 31.1 Å². The van der Waals surface area contributed by atoms with Crippen LogP contribution >= 0.6 is 0 Å². The summed E-state index contributed by atoms with van der Waals surface area (Å²) in [5.74, 6) is -4.41. The second-order valence-corrected chi connectivity index (χ2v) is 5.30. The van der Waals surface area contributed by atoms with Gasteiger partial charge >= 0.3 is 0 Å². The monoisotopic (exact) mass is 299 g/mol. The summed E-state index contributed by atoms with van der Waals surface area (Å²) < 4.78 is 40.3. The van der Waals surface area contributed by atoms with E-state index in [1.807, 2.05) is 0 Å². The first-order chi connectivity index (χ1) is 9.90. The lowest BCUT2D eigenvalue weighted by molar-refractivity contribution is -0.118. The molecule has 0 spiro atoms. The second-order valence-electron chi connectivity index (χ2n) is 5.30. The topological polar surface area (TPSA) is 37.4 Å². The van der Waals surface area contributed by atoms with Crippen LogP contribution < -0.4 is 0 Å². The molecule has 0 radical (unpaired) electrons. The van der Waals surface area contributed by atoms with Crippen LogP contribution in [-0.2, 0) is 4.79 Å². The number of carbonyl (C=O) groups is 2. The third-order valence-corrected chi connectivity index (χ3v) is 3.63.